The van der Waals surface area contributed by atoms with Crippen molar-refractivity contribution in [2.45, 2.75) is 56.1 Å². The van der Waals surface area contributed by atoms with Crippen LogP contribution in [0.1, 0.15) is 39.5 Å². The van der Waals surface area contributed by atoms with Crippen LogP contribution in [-0.4, -0.2) is 51.8 Å². The first-order valence-electron chi connectivity index (χ1n) is 11.2. The fourth-order valence-electron chi connectivity index (χ4n) is 4.36. The number of hydrogen-bond acceptors (Lipinski definition) is 7. The summed E-state index contributed by atoms with van der Waals surface area (Å²) >= 11 is 0. The van der Waals surface area contributed by atoms with E-state index in [2.05, 4.69) is 10.3 Å². The molecule has 2 atom stereocenters. The lowest BCUT2D eigenvalue weighted by Gasteiger charge is -2.25. The van der Waals surface area contributed by atoms with Crippen LogP contribution >= 0.6 is 0 Å². The quantitative estimate of drug-likeness (QED) is 0.661. The number of nitrogens with zero attached hydrogens (tertiary/aromatic N) is 1. The van der Waals surface area contributed by atoms with Gasteiger partial charge in [0.2, 0.25) is 0 Å². The molecule has 1 fully saturated rings. The fourth-order valence-corrected chi connectivity index (χ4v) is 4.99. The number of aliphatic imine (C=N–C) groups is 1. The van der Waals surface area contributed by atoms with Gasteiger partial charge in [-0.25, -0.2) is 13.4 Å². The van der Waals surface area contributed by atoms with Gasteiger partial charge in [-0.1, -0.05) is 5.57 Å². The molecule has 1 aromatic rings. The van der Waals surface area contributed by atoms with Crippen LogP contribution < -0.4 is 10.1 Å². The van der Waals surface area contributed by atoms with E-state index in [0.717, 1.165) is 18.2 Å². The number of fused-ring (bicyclic) bond motifs is 1. The molecule has 8 nitrogen and oxygen atoms in total. The summed E-state index contributed by atoms with van der Waals surface area (Å²) in [6.45, 7) is 4.40. The van der Waals surface area contributed by atoms with E-state index in [9.17, 15) is 13.2 Å². The Hall–Kier alpha value is -2.75. The predicted octanol–water partition coefficient (Wildman–Crippen LogP) is 3.46. The molecule has 2 unspecified atom stereocenters. The number of hydrogen-bond donors (Lipinski definition) is 1. The smallest absolute Gasteiger partial charge is 0.252 e. The third-order valence-corrected chi connectivity index (χ3v) is 7.21. The van der Waals surface area contributed by atoms with E-state index in [1.54, 1.807) is 31.5 Å². The zero-order valence-electron chi connectivity index (χ0n) is 19.9. The molecule has 0 aromatic heterocycles. The monoisotopic (exact) mass is 486 g/mol. The highest BCUT2D eigenvalue weighted by Gasteiger charge is 2.44. The van der Waals surface area contributed by atoms with E-state index in [1.807, 2.05) is 13.8 Å². The van der Waals surface area contributed by atoms with E-state index in [0.29, 0.717) is 48.8 Å². The van der Waals surface area contributed by atoms with Crippen molar-refractivity contribution in [3.8, 4) is 5.75 Å². The highest BCUT2D eigenvalue weighted by Crippen LogP contribution is 2.42. The van der Waals surface area contributed by atoms with Gasteiger partial charge in [-0.3, -0.25) is 4.79 Å². The maximum Gasteiger partial charge on any atom is 0.252 e. The number of methoxy groups -OCH3 is 1. The second-order valence-electron chi connectivity index (χ2n) is 9.28. The Bertz CT molecular complexity index is 1210. The van der Waals surface area contributed by atoms with Gasteiger partial charge in [-0.15, -0.1) is 0 Å². The summed E-state index contributed by atoms with van der Waals surface area (Å²) in [7, 11) is -1.68. The maximum atomic E-state index is 13.1. The second kappa shape index (κ2) is 9.48. The zero-order chi connectivity index (χ0) is 24.5. The molecule has 9 heteroatoms. The van der Waals surface area contributed by atoms with E-state index in [1.165, 1.54) is 17.7 Å². The SMILES string of the molecule is COCC1(C)CC2=C(Oc3ccc(S(C)(=O)=O)cc3)C=C(C(=O)NC3=NC=C(C)CC3)CC2O1. The minimum Gasteiger partial charge on any atom is -0.457 e. The summed E-state index contributed by atoms with van der Waals surface area (Å²) in [5.41, 5.74) is 2.14. The highest BCUT2D eigenvalue weighted by molar-refractivity contribution is 7.90. The Morgan fingerprint density at radius 2 is 2.00 bits per heavy atom. The van der Waals surface area contributed by atoms with Crippen LogP contribution in [0.15, 0.2) is 68.9 Å². The first kappa shape index (κ1) is 24.4. The molecule has 2 aliphatic heterocycles. The predicted molar refractivity (Wildman–Crippen MR) is 128 cm³/mol. The Kier molecular flexibility index (Phi) is 6.80. The summed E-state index contributed by atoms with van der Waals surface area (Å²) in [6.07, 6.45) is 6.94. The van der Waals surface area contributed by atoms with Gasteiger partial charge in [-0.2, -0.15) is 0 Å². The van der Waals surface area contributed by atoms with Crippen LogP contribution in [0.2, 0.25) is 0 Å². The van der Waals surface area contributed by atoms with Crippen LogP contribution in [0.4, 0.5) is 0 Å². The maximum absolute atomic E-state index is 13.1. The number of amidine groups is 1. The van der Waals surface area contributed by atoms with Gasteiger partial charge in [0, 0.05) is 50.0 Å². The molecular weight excluding hydrogens is 456 g/mol. The van der Waals surface area contributed by atoms with Crippen molar-refractivity contribution in [2.24, 2.45) is 4.99 Å². The fraction of sp³-hybridized carbons (Fsp3) is 0.440. The van der Waals surface area contributed by atoms with Crippen molar-refractivity contribution in [2.75, 3.05) is 20.0 Å². The molecule has 1 saturated heterocycles. The van der Waals surface area contributed by atoms with Gasteiger partial charge < -0.3 is 19.5 Å². The van der Waals surface area contributed by atoms with E-state index < -0.39 is 15.4 Å². The summed E-state index contributed by atoms with van der Waals surface area (Å²) in [6, 6.07) is 6.22. The van der Waals surface area contributed by atoms with E-state index in [4.69, 9.17) is 14.2 Å². The summed E-state index contributed by atoms with van der Waals surface area (Å²) in [5, 5.41) is 2.92. The lowest BCUT2D eigenvalue weighted by atomic mass is 9.90. The number of benzene rings is 1. The van der Waals surface area contributed by atoms with Crippen molar-refractivity contribution >= 4 is 21.6 Å². The molecule has 0 radical (unpaired) electrons. The lowest BCUT2D eigenvalue weighted by molar-refractivity contribution is -0.117. The van der Waals surface area contributed by atoms with Crippen molar-refractivity contribution in [3.05, 3.63) is 59.0 Å². The molecule has 34 heavy (non-hydrogen) atoms. The Labute approximate surface area is 200 Å². The van der Waals surface area contributed by atoms with Crippen LogP contribution in [0.25, 0.3) is 0 Å². The Morgan fingerprint density at radius 1 is 1.26 bits per heavy atom. The number of rotatable bonds is 6. The van der Waals surface area contributed by atoms with Crippen molar-refractivity contribution in [3.63, 3.8) is 0 Å². The lowest BCUT2D eigenvalue weighted by Crippen LogP contribution is -2.35. The molecule has 1 aliphatic carbocycles. The van der Waals surface area contributed by atoms with Crippen LogP contribution in [0.3, 0.4) is 0 Å². The van der Waals surface area contributed by atoms with Crippen LogP contribution in [0.5, 0.6) is 5.75 Å². The number of ether oxygens (including phenoxy) is 3. The summed E-state index contributed by atoms with van der Waals surface area (Å²) in [5.74, 6) is 1.42. The van der Waals surface area contributed by atoms with Gasteiger partial charge >= 0.3 is 0 Å². The van der Waals surface area contributed by atoms with Crippen molar-refractivity contribution < 1.29 is 27.4 Å². The standard InChI is InChI=1S/C25H30N2O6S/c1-16-5-10-23(26-14-16)27-24(28)17-11-21(20-13-25(2,15-31-3)33-22(20)12-17)32-18-6-8-19(9-7-18)34(4,29)30/h6-9,11,14,22H,5,10,12-13,15H2,1-4H3,(H,26,27,28). The number of allylic oxidation sites excluding steroid dienone is 2. The molecule has 3 aliphatic rings. The molecule has 0 saturated carbocycles. The Balaban J connectivity index is 1.61. The van der Waals surface area contributed by atoms with Crippen LogP contribution in [-0.2, 0) is 24.1 Å². The largest absolute Gasteiger partial charge is 0.457 e. The average molecular weight is 487 g/mol. The number of carbonyl (C=O) groups is 1. The Morgan fingerprint density at radius 3 is 2.62 bits per heavy atom. The normalized spacial score (nSPS) is 24.7. The molecule has 1 N–H and O–H groups in total. The van der Waals surface area contributed by atoms with Crippen LogP contribution in [0, 0.1) is 0 Å². The van der Waals surface area contributed by atoms with Gasteiger partial charge in [0.05, 0.1) is 23.2 Å². The molecule has 0 bridgehead atoms. The number of sulfone groups is 1. The third kappa shape index (κ3) is 5.48. The first-order valence-corrected chi connectivity index (χ1v) is 13.1. The summed E-state index contributed by atoms with van der Waals surface area (Å²) in [4.78, 5) is 17.6. The highest BCUT2D eigenvalue weighted by atomic mass is 32.2. The molecule has 182 valence electrons. The average Bonchev–Trinajstić information content (AvgIpc) is 3.11. The van der Waals surface area contributed by atoms with E-state index >= 15 is 0 Å². The van der Waals surface area contributed by atoms with E-state index in [-0.39, 0.29) is 16.9 Å². The van der Waals surface area contributed by atoms with Crippen molar-refractivity contribution in [1.29, 1.82) is 0 Å². The zero-order valence-corrected chi connectivity index (χ0v) is 20.7. The number of nitrogens with one attached hydrogen (secondary N) is 1. The molecule has 0 spiro atoms. The molecule has 4 rings (SSSR count). The third-order valence-electron chi connectivity index (χ3n) is 6.08. The van der Waals surface area contributed by atoms with Gasteiger partial charge in [0.1, 0.15) is 17.3 Å². The second-order valence-corrected chi connectivity index (χ2v) is 11.3. The van der Waals surface area contributed by atoms with Gasteiger partial charge in [0.25, 0.3) is 5.91 Å². The molecule has 1 amide bonds. The van der Waals surface area contributed by atoms with Gasteiger partial charge in [0.15, 0.2) is 9.84 Å². The molecule has 1 aromatic carbocycles. The van der Waals surface area contributed by atoms with Crippen molar-refractivity contribution in [1.82, 2.24) is 5.32 Å². The van der Waals surface area contributed by atoms with Gasteiger partial charge in [-0.05, 0) is 50.6 Å². The number of carbonyl (C=O) groups excluding carboxylic acids is 1. The minimum absolute atomic E-state index is 0.212. The minimum atomic E-state index is -3.31. The first-order chi connectivity index (χ1) is 16.1. The summed E-state index contributed by atoms with van der Waals surface area (Å²) < 4.78 is 41.4. The molecular formula is C25H30N2O6S. The molecule has 2 heterocycles. The topological polar surface area (TPSA) is 103 Å². The number of amides is 1.